The van der Waals surface area contributed by atoms with Crippen LogP contribution in [0.3, 0.4) is 0 Å². The highest BCUT2D eigenvalue weighted by molar-refractivity contribution is 8.26. The molecule has 3 aromatic rings. The molecule has 1 amide bonds. The van der Waals surface area contributed by atoms with Gasteiger partial charge < -0.3 is 9.88 Å². The summed E-state index contributed by atoms with van der Waals surface area (Å²) >= 11 is 6.69. The Kier molecular flexibility index (Phi) is 7.47. The van der Waals surface area contributed by atoms with Gasteiger partial charge in [0.25, 0.3) is 11.5 Å². The van der Waals surface area contributed by atoms with E-state index in [9.17, 15) is 9.59 Å². The van der Waals surface area contributed by atoms with Crippen LogP contribution in [-0.4, -0.2) is 47.2 Å². The highest BCUT2D eigenvalue weighted by Crippen LogP contribution is 2.33. The van der Waals surface area contributed by atoms with Crippen LogP contribution in [0.15, 0.2) is 46.8 Å². The third-order valence-electron chi connectivity index (χ3n) is 5.61. The number of rotatable bonds is 9. The first-order valence-electron chi connectivity index (χ1n) is 11.3. The summed E-state index contributed by atoms with van der Waals surface area (Å²) in [6.45, 7) is 8.13. The number of carbonyl (C=O) groups is 1. The Balaban J connectivity index is 1.65. The lowest BCUT2D eigenvalue weighted by atomic mass is 10.1. The van der Waals surface area contributed by atoms with Crippen molar-refractivity contribution < 1.29 is 4.79 Å². The molecule has 1 N–H and O–H groups in total. The van der Waals surface area contributed by atoms with E-state index in [1.165, 1.54) is 16.2 Å². The number of aromatic nitrogens is 4. The number of pyridine rings is 1. The number of amides is 1. The monoisotopic (exact) mass is 496 g/mol. The van der Waals surface area contributed by atoms with E-state index in [-0.39, 0.29) is 11.5 Å². The molecule has 0 spiro atoms. The number of thioether (sulfide) groups is 1. The Labute approximate surface area is 208 Å². The summed E-state index contributed by atoms with van der Waals surface area (Å²) in [4.78, 5) is 37.4. The van der Waals surface area contributed by atoms with E-state index in [4.69, 9.17) is 17.2 Å². The molecule has 4 rings (SSSR count). The van der Waals surface area contributed by atoms with E-state index in [0.29, 0.717) is 45.3 Å². The van der Waals surface area contributed by atoms with Crippen molar-refractivity contribution in [2.45, 2.75) is 40.2 Å². The minimum Gasteiger partial charge on any atom is -0.369 e. The maximum atomic E-state index is 13.5. The van der Waals surface area contributed by atoms with Crippen LogP contribution in [0.2, 0.25) is 0 Å². The number of anilines is 1. The predicted octanol–water partition coefficient (Wildman–Crippen LogP) is 3.95. The van der Waals surface area contributed by atoms with E-state index in [0.717, 1.165) is 24.9 Å². The minimum absolute atomic E-state index is 0.157. The van der Waals surface area contributed by atoms with Gasteiger partial charge in [0, 0.05) is 38.2 Å². The lowest BCUT2D eigenvalue weighted by Gasteiger charge is -2.15. The van der Waals surface area contributed by atoms with Crippen molar-refractivity contribution in [1.29, 1.82) is 0 Å². The molecule has 0 radical (unpaired) electrons. The van der Waals surface area contributed by atoms with Crippen LogP contribution in [0.4, 0.5) is 5.82 Å². The summed E-state index contributed by atoms with van der Waals surface area (Å²) in [5.74, 6) is 0.775. The van der Waals surface area contributed by atoms with Gasteiger partial charge in [0.05, 0.1) is 16.8 Å². The summed E-state index contributed by atoms with van der Waals surface area (Å²) in [6, 6.07) is 3.74. The van der Waals surface area contributed by atoms with Gasteiger partial charge in [-0.25, -0.2) is 9.97 Å². The van der Waals surface area contributed by atoms with Gasteiger partial charge in [0.2, 0.25) is 0 Å². The van der Waals surface area contributed by atoms with Gasteiger partial charge in [-0.2, -0.15) is 0 Å². The zero-order chi connectivity index (χ0) is 24.2. The summed E-state index contributed by atoms with van der Waals surface area (Å²) in [5.41, 5.74) is 1.62. The van der Waals surface area contributed by atoms with Crippen LogP contribution in [0.25, 0.3) is 11.7 Å². The molecule has 178 valence electrons. The smallest absolute Gasteiger partial charge is 0.267 e. The summed E-state index contributed by atoms with van der Waals surface area (Å²) in [6.07, 6.45) is 10.5. The van der Waals surface area contributed by atoms with Gasteiger partial charge in [0.15, 0.2) is 0 Å². The maximum Gasteiger partial charge on any atom is 0.267 e. The second-order valence-corrected chi connectivity index (χ2v) is 10.3. The second kappa shape index (κ2) is 10.5. The Morgan fingerprint density at radius 2 is 2.06 bits per heavy atom. The first-order chi connectivity index (χ1) is 16.3. The molecule has 8 nitrogen and oxygen atoms in total. The predicted molar refractivity (Wildman–Crippen MR) is 141 cm³/mol. The topological polar surface area (TPSA) is 84.5 Å². The molecule has 0 aliphatic carbocycles. The van der Waals surface area contributed by atoms with Crippen molar-refractivity contribution >= 4 is 51.7 Å². The van der Waals surface area contributed by atoms with E-state index >= 15 is 0 Å². The standard InChI is InChI=1S/C24H28N6O2S2/c1-16(2)7-12-30-23(32)19(34-24(30)33)14-18-20(26-8-5-10-28-13-9-25-15-28)27-21-17(3)6-4-11-29(21)22(18)31/h4,6,9,11,13-16,26H,5,7-8,10,12H2,1-3H3. The second-order valence-electron chi connectivity index (χ2n) is 8.66. The Hall–Kier alpha value is -2.98. The van der Waals surface area contributed by atoms with Crippen molar-refractivity contribution in [1.82, 2.24) is 23.8 Å². The first kappa shape index (κ1) is 24.2. The van der Waals surface area contributed by atoms with Crippen LogP contribution in [0.5, 0.6) is 0 Å². The average molecular weight is 497 g/mol. The summed E-state index contributed by atoms with van der Waals surface area (Å²) < 4.78 is 4.05. The number of fused-ring (bicyclic) bond motifs is 1. The van der Waals surface area contributed by atoms with Gasteiger partial charge in [0.1, 0.15) is 15.8 Å². The van der Waals surface area contributed by atoms with E-state index in [1.807, 2.05) is 29.8 Å². The van der Waals surface area contributed by atoms with E-state index < -0.39 is 0 Å². The van der Waals surface area contributed by atoms with E-state index in [1.54, 1.807) is 29.7 Å². The number of hydrogen-bond donors (Lipinski definition) is 1. The van der Waals surface area contributed by atoms with Crippen molar-refractivity contribution in [2.75, 3.05) is 18.4 Å². The molecule has 0 saturated carbocycles. The molecular formula is C24H28N6O2S2. The normalized spacial score (nSPS) is 15.3. The quantitative estimate of drug-likeness (QED) is 0.273. The van der Waals surface area contributed by atoms with Crippen molar-refractivity contribution in [3.8, 4) is 0 Å². The van der Waals surface area contributed by atoms with Crippen molar-refractivity contribution in [3.63, 3.8) is 0 Å². The van der Waals surface area contributed by atoms with Crippen LogP contribution in [-0.2, 0) is 11.3 Å². The molecule has 1 aliphatic rings. The molecule has 1 fully saturated rings. The molecule has 0 unspecified atom stereocenters. The molecule has 0 atom stereocenters. The number of nitrogens with one attached hydrogen (secondary N) is 1. The highest BCUT2D eigenvalue weighted by Gasteiger charge is 2.32. The summed E-state index contributed by atoms with van der Waals surface area (Å²) in [5, 5.41) is 3.32. The molecule has 1 aliphatic heterocycles. The first-order valence-corrected chi connectivity index (χ1v) is 12.5. The highest BCUT2D eigenvalue weighted by atomic mass is 32.2. The maximum absolute atomic E-state index is 13.5. The van der Waals surface area contributed by atoms with Crippen LogP contribution >= 0.6 is 24.0 Å². The molecule has 0 bridgehead atoms. The number of carbonyl (C=O) groups excluding carboxylic acids is 1. The van der Waals surface area contributed by atoms with Crippen LogP contribution in [0.1, 0.15) is 37.8 Å². The van der Waals surface area contributed by atoms with Gasteiger partial charge in [-0.05, 0) is 43.4 Å². The van der Waals surface area contributed by atoms with Gasteiger partial charge >= 0.3 is 0 Å². The molecule has 4 heterocycles. The summed E-state index contributed by atoms with van der Waals surface area (Å²) in [7, 11) is 0. The molecule has 3 aromatic heterocycles. The number of imidazole rings is 1. The molecule has 0 aromatic carbocycles. The third-order valence-corrected chi connectivity index (χ3v) is 6.99. The molecule has 10 heteroatoms. The SMILES string of the molecule is Cc1cccn2c(=O)c(C=C3SC(=S)N(CCC(C)C)C3=O)c(NCCCn3ccnc3)nc12. The van der Waals surface area contributed by atoms with E-state index in [2.05, 4.69) is 24.1 Å². The minimum atomic E-state index is -0.224. The van der Waals surface area contributed by atoms with Gasteiger partial charge in [-0.3, -0.25) is 18.9 Å². The Morgan fingerprint density at radius 3 is 2.79 bits per heavy atom. The van der Waals surface area contributed by atoms with Gasteiger partial charge in [-0.15, -0.1) is 0 Å². The lowest BCUT2D eigenvalue weighted by molar-refractivity contribution is -0.122. The van der Waals surface area contributed by atoms with Crippen LogP contribution < -0.4 is 10.9 Å². The number of thiocarbonyl (C=S) groups is 1. The van der Waals surface area contributed by atoms with Gasteiger partial charge in [-0.1, -0.05) is 43.9 Å². The number of hydrogen-bond acceptors (Lipinski definition) is 7. The Morgan fingerprint density at radius 1 is 1.24 bits per heavy atom. The average Bonchev–Trinajstić information content (AvgIpc) is 3.41. The zero-order valence-electron chi connectivity index (χ0n) is 19.5. The fraction of sp³-hybridized carbons (Fsp3) is 0.375. The third kappa shape index (κ3) is 5.23. The largest absolute Gasteiger partial charge is 0.369 e. The van der Waals surface area contributed by atoms with Crippen molar-refractivity contribution in [3.05, 3.63) is 63.4 Å². The number of aryl methyl sites for hydroxylation is 2. The molecule has 1 saturated heterocycles. The molecule has 34 heavy (non-hydrogen) atoms. The van der Waals surface area contributed by atoms with Crippen molar-refractivity contribution in [2.24, 2.45) is 5.92 Å². The molecular weight excluding hydrogens is 468 g/mol. The van der Waals surface area contributed by atoms with Crippen LogP contribution in [0, 0.1) is 12.8 Å². The fourth-order valence-electron chi connectivity index (χ4n) is 3.68. The lowest BCUT2D eigenvalue weighted by Crippen LogP contribution is -2.29. The zero-order valence-corrected chi connectivity index (χ0v) is 21.2. The fourth-order valence-corrected chi connectivity index (χ4v) is 4.97. The number of nitrogens with zero attached hydrogens (tertiary/aromatic N) is 5. The Bertz CT molecular complexity index is 1300.